The van der Waals surface area contributed by atoms with Crippen molar-refractivity contribution in [1.29, 1.82) is 5.26 Å². The molecule has 4 rings (SSSR count). The molecule has 0 aromatic carbocycles. The van der Waals surface area contributed by atoms with Crippen molar-refractivity contribution in [2.24, 2.45) is 29.6 Å². The van der Waals surface area contributed by atoms with Crippen molar-refractivity contribution < 1.29 is 0 Å². The van der Waals surface area contributed by atoms with E-state index in [1.54, 1.807) is 5.57 Å². The third kappa shape index (κ3) is 5.98. The second-order valence-corrected chi connectivity index (χ2v) is 11.7. The van der Waals surface area contributed by atoms with Gasteiger partial charge in [-0.3, -0.25) is 0 Å². The summed E-state index contributed by atoms with van der Waals surface area (Å²) in [7, 11) is 0. The molecule has 0 bridgehead atoms. The van der Waals surface area contributed by atoms with Crippen LogP contribution in [0.2, 0.25) is 0 Å². The third-order valence-electron chi connectivity index (χ3n) is 9.45. The summed E-state index contributed by atoms with van der Waals surface area (Å²) in [6.45, 7) is 6.69. The van der Waals surface area contributed by atoms with E-state index in [1.807, 2.05) is 11.1 Å². The van der Waals surface area contributed by atoms with Crippen LogP contribution in [0.3, 0.4) is 0 Å². The Balaban J connectivity index is 1.56. The first-order chi connectivity index (χ1) is 15.7. The van der Waals surface area contributed by atoms with Gasteiger partial charge in [-0.05, 0) is 114 Å². The lowest BCUT2D eigenvalue weighted by Gasteiger charge is -2.41. The van der Waals surface area contributed by atoms with Crippen molar-refractivity contribution in [2.75, 3.05) is 0 Å². The van der Waals surface area contributed by atoms with Gasteiger partial charge in [0.25, 0.3) is 0 Å². The molecule has 0 aromatic rings. The Hall–Kier alpha value is -1.29. The van der Waals surface area contributed by atoms with Crippen LogP contribution in [0.5, 0.6) is 0 Å². The predicted molar refractivity (Wildman–Crippen MR) is 136 cm³/mol. The number of hydrogen-bond acceptors (Lipinski definition) is 1. The molecule has 2 fully saturated rings. The third-order valence-corrected chi connectivity index (χ3v) is 9.45. The molecular formula is C31H47N. The lowest BCUT2D eigenvalue weighted by Crippen LogP contribution is -2.28. The Kier molecular flexibility index (Phi) is 8.74. The van der Waals surface area contributed by atoms with Crippen LogP contribution in [0.1, 0.15) is 122 Å². The lowest BCUT2D eigenvalue weighted by atomic mass is 9.64. The molecule has 0 saturated heterocycles. The molecule has 0 spiro atoms. The first-order valence-electron chi connectivity index (χ1n) is 14.1. The molecule has 0 amide bonds. The van der Waals surface area contributed by atoms with Crippen LogP contribution in [0, 0.1) is 40.9 Å². The normalized spacial score (nSPS) is 36.8. The molecule has 2 saturated carbocycles. The van der Waals surface area contributed by atoms with Gasteiger partial charge in [0.15, 0.2) is 0 Å². The van der Waals surface area contributed by atoms with E-state index in [-0.39, 0.29) is 5.92 Å². The summed E-state index contributed by atoms with van der Waals surface area (Å²) in [6, 6.07) is 2.54. The van der Waals surface area contributed by atoms with E-state index in [0.29, 0.717) is 5.92 Å². The van der Waals surface area contributed by atoms with Crippen molar-refractivity contribution in [3.63, 3.8) is 0 Å². The van der Waals surface area contributed by atoms with Crippen LogP contribution in [0.4, 0.5) is 0 Å². The van der Waals surface area contributed by atoms with E-state index in [0.717, 1.165) is 37.0 Å². The molecule has 0 aliphatic heterocycles. The topological polar surface area (TPSA) is 23.8 Å². The van der Waals surface area contributed by atoms with Gasteiger partial charge in [0.1, 0.15) is 0 Å². The molecule has 0 radical (unpaired) electrons. The van der Waals surface area contributed by atoms with Crippen molar-refractivity contribution in [3.8, 4) is 6.07 Å². The number of allylic oxidation sites excluding steroid dienone is 5. The Morgan fingerprint density at radius 3 is 2.19 bits per heavy atom. The minimum atomic E-state index is 0.0668. The van der Waals surface area contributed by atoms with Crippen molar-refractivity contribution >= 4 is 0 Å². The minimum absolute atomic E-state index is 0.0668. The number of nitriles is 1. The summed E-state index contributed by atoms with van der Waals surface area (Å²) in [5, 5.41) is 9.62. The van der Waals surface area contributed by atoms with Gasteiger partial charge in [0.05, 0.1) is 12.0 Å². The van der Waals surface area contributed by atoms with Gasteiger partial charge in [-0.1, -0.05) is 67.6 Å². The van der Waals surface area contributed by atoms with Gasteiger partial charge >= 0.3 is 0 Å². The Labute approximate surface area is 198 Å². The quantitative estimate of drug-likeness (QED) is 0.398. The van der Waals surface area contributed by atoms with Crippen molar-refractivity contribution in [3.05, 3.63) is 34.9 Å². The molecule has 32 heavy (non-hydrogen) atoms. The highest BCUT2D eigenvalue weighted by Crippen LogP contribution is 2.48. The van der Waals surface area contributed by atoms with Crippen LogP contribution in [0.15, 0.2) is 34.9 Å². The van der Waals surface area contributed by atoms with Gasteiger partial charge in [-0.15, -0.1) is 0 Å². The van der Waals surface area contributed by atoms with E-state index < -0.39 is 0 Å². The fraction of sp³-hybridized carbons (Fsp3) is 0.774. The summed E-state index contributed by atoms with van der Waals surface area (Å²) >= 11 is 0. The highest BCUT2D eigenvalue weighted by molar-refractivity contribution is 5.29. The number of rotatable bonds is 2. The zero-order chi connectivity index (χ0) is 22.3. The zero-order valence-electron chi connectivity index (χ0n) is 20.8. The molecule has 3 atom stereocenters. The van der Waals surface area contributed by atoms with Crippen LogP contribution in [-0.4, -0.2) is 0 Å². The summed E-state index contributed by atoms with van der Waals surface area (Å²) in [5.41, 5.74) is 6.65. The van der Waals surface area contributed by atoms with Gasteiger partial charge in [-0.25, -0.2) is 0 Å². The summed E-state index contributed by atoms with van der Waals surface area (Å²) in [5.74, 6) is 3.59. The maximum absolute atomic E-state index is 9.62. The van der Waals surface area contributed by atoms with E-state index in [4.69, 9.17) is 0 Å². The average molecular weight is 434 g/mol. The van der Waals surface area contributed by atoms with Gasteiger partial charge in [0, 0.05) is 0 Å². The predicted octanol–water partition coefficient (Wildman–Crippen LogP) is 9.47. The molecule has 0 heterocycles. The van der Waals surface area contributed by atoms with E-state index in [2.05, 4.69) is 25.6 Å². The first-order valence-corrected chi connectivity index (χ1v) is 14.1. The molecule has 4 aliphatic rings. The first kappa shape index (κ1) is 23.9. The Morgan fingerprint density at radius 2 is 1.44 bits per heavy atom. The maximum Gasteiger partial charge on any atom is 0.0700 e. The largest absolute Gasteiger partial charge is 0.198 e. The molecule has 4 aliphatic carbocycles. The second-order valence-electron chi connectivity index (χ2n) is 11.7. The minimum Gasteiger partial charge on any atom is -0.198 e. The monoisotopic (exact) mass is 433 g/mol. The molecule has 3 unspecified atom stereocenters. The van der Waals surface area contributed by atoms with E-state index in [1.165, 1.54) is 102 Å². The second kappa shape index (κ2) is 11.7. The van der Waals surface area contributed by atoms with Crippen molar-refractivity contribution in [2.45, 2.75) is 122 Å². The molecule has 0 aromatic heterocycles. The summed E-state index contributed by atoms with van der Waals surface area (Å²) in [6.07, 6.45) is 26.7. The van der Waals surface area contributed by atoms with Crippen LogP contribution < -0.4 is 0 Å². The van der Waals surface area contributed by atoms with Crippen LogP contribution in [-0.2, 0) is 0 Å². The standard InChI is InChI=1S/C31H47N/c1-23-13-16-26(17-14-23)30-20-19-27(29-11-5-3-4-6-12-31(29)30)21-25-10-8-7-9-24(2)28(22-32)18-15-25/h21,23,26-28,30H,2-20H2,1H3/b25-21+. The van der Waals surface area contributed by atoms with E-state index >= 15 is 0 Å². The Morgan fingerprint density at radius 1 is 0.750 bits per heavy atom. The lowest BCUT2D eigenvalue weighted by molar-refractivity contribution is 0.207. The van der Waals surface area contributed by atoms with Gasteiger partial charge in [0.2, 0.25) is 0 Å². The van der Waals surface area contributed by atoms with Gasteiger partial charge < -0.3 is 0 Å². The Bertz CT molecular complexity index is 739. The SMILES string of the molecule is C=C1CCCC/C(=C\C2CCC(C3CCC(C)CC3)C3=C2CCCCCC3)CCC1C#N. The smallest absolute Gasteiger partial charge is 0.0700 e. The maximum atomic E-state index is 9.62. The summed E-state index contributed by atoms with van der Waals surface area (Å²) in [4.78, 5) is 0. The van der Waals surface area contributed by atoms with Gasteiger partial charge in [-0.2, -0.15) is 5.26 Å². The fourth-order valence-electron chi connectivity index (χ4n) is 7.40. The zero-order valence-corrected chi connectivity index (χ0v) is 20.8. The average Bonchev–Trinajstić information content (AvgIpc) is 2.86. The summed E-state index contributed by atoms with van der Waals surface area (Å²) < 4.78 is 0. The molecule has 1 heteroatoms. The molecule has 0 N–H and O–H groups in total. The number of hydrogen-bond donors (Lipinski definition) is 0. The van der Waals surface area contributed by atoms with Crippen molar-refractivity contribution in [1.82, 2.24) is 0 Å². The van der Waals surface area contributed by atoms with Crippen LogP contribution >= 0.6 is 0 Å². The molecule has 1 nitrogen and oxygen atoms in total. The highest BCUT2D eigenvalue weighted by atomic mass is 14.4. The molecule has 176 valence electrons. The fourth-order valence-corrected chi connectivity index (χ4v) is 7.40. The molecular weight excluding hydrogens is 386 g/mol. The van der Waals surface area contributed by atoms with Crippen LogP contribution in [0.25, 0.3) is 0 Å². The highest BCUT2D eigenvalue weighted by Gasteiger charge is 2.35. The van der Waals surface area contributed by atoms with E-state index in [9.17, 15) is 5.26 Å². The number of nitrogens with zero attached hydrogens (tertiary/aromatic N) is 1.